The molecule has 1 rings (SSSR count). The zero-order valence-electron chi connectivity index (χ0n) is 25.3. The van der Waals surface area contributed by atoms with Gasteiger partial charge in [-0.15, -0.1) is 0 Å². The van der Waals surface area contributed by atoms with E-state index in [9.17, 15) is 124 Å². The summed E-state index contributed by atoms with van der Waals surface area (Å²) in [4.78, 5) is 23.6. The van der Waals surface area contributed by atoms with Crippen LogP contribution in [0.2, 0.25) is 0 Å². The van der Waals surface area contributed by atoms with Crippen LogP contribution >= 0.6 is 0 Å². The number of ether oxygens (including phenoxy) is 2. The average Bonchev–Trinajstić information content (AvgIpc) is 2.96. The Morgan fingerprint density at radius 2 is 0.927 bits per heavy atom. The zero-order chi connectivity index (χ0) is 44.3. The second-order valence-electron chi connectivity index (χ2n) is 10.6. The lowest BCUT2D eigenvalue weighted by molar-refractivity contribution is -0.459. The zero-order valence-corrected chi connectivity index (χ0v) is 25.3. The molecule has 0 saturated heterocycles. The number of anilines is 1. The summed E-state index contributed by atoms with van der Waals surface area (Å²) in [6.45, 7) is -1.42. The van der Waals surface area contributed by atoms with Crippen molar-refractivity contribution in [3.05, 3.63) is 29.3 Å². The predicted octanol–water partition coefficient (Wildman–Crippen LogP) is 10.5. The van der Waals surface area contributed by atoms with Crippen molar-refractivity contribution in [3.63, 3.8) is 0 Å². The van der Waals surface area contributed by atoms with Gasteiger partial charge in [-0.1, -0.05) is 12.1 Å². The first kappa shape index (κ1) is 49.2. The Balaban J connectivity index is 3.13. The fourth-order valence-corrected chi connectivity index (χ4v) is 3.45. The largest absolute Gasteiger partial charge is 0.474 e. The van der Waals surface area contributed by atoms with Crippen LogP contribution in [0.5, 0.6) is 0 Å². The number of hydrogen-bond donors (Lipinski definition) is 1. The summed E-state index contributed by atoms with van der Waals surface area (Å²) in [7, 11) is 0. The molecule has 1 N–H and O–H groups in total. The highest BCUT2D eigenvalue weighted by Gasteiger charge is 2.92. The van der Waals surface area contributed by atoms with Gasteiger partial charge in [0.1, 0.15) is 0 Å². The number of carbonyl (C=O) groups is 2. The van der Waals surface area contributed by atoms with Crippen molar-refractivity contribution in [1.29, 1.82) is 0 Å². The Hall–Kier alpha value is -3.86. The lowest BCUT2D eigenvalue weighted by Gasteiger charge is -2.39. The lowest BCUT2D eigenvalue weighted by atomic mass is 9.93. The van der Waals surface area contributed by atoms with E-state index in [0.717, 1.165) is 12.2 Å². The average molecular weight is 873 g/mol. The van der Waals surface area contributed by atoms with E-state index in [1.54, 1.807) is 0 Å². The molecular formula is C24H13F26NO4. The number of aryl methyl sites for hydroxylation is 1. The van der Waals surface area contributed by atoms with Crippen LogP contribution < -0.4 is 5.32 Å². The van der Waals surface area contributed by atoms with E-state index in [2.05, 4.69) is 9.47 Å². The lowest BCUT2D eigenvalue weighted by Crippen LogP contribution is -2.70. The van der Waals surface area contributed by atoms with Crippen LogP contribution in [0.1, 0.15) is 17.5 Å². The number of nitrogens with one attached hydrogen (secondary N) is 1. The monoisotopic (exact) mass is 873 g/mol. The van der Waals surface area contributed by atoms with Crippen molar-refractivity contribution in [1.82, 2.24) is 0 Å². The number of rotatable bonds is 15. The first-order valence-electron chi connectivity index (χ1n) is 13.0. The summed E-state index contributed by atoms with van der Waals surface area (Å²) < 4.78 is 349. The molecule has 31 heteroatoms. The van der Waals surface area contributed by atoms with Crippen molar-refractivity contribution in [3.8, 4) is 0 Å². The van der Waals surface area contributed by atoms with Gasteiger partial charge in [0, 0.05) is 5.69 Å². The topological polar surface area (TPSA) is 64.6 Å². The highest BCUT2D eigenvalue weighted by molar-refractivity contribution is 5.86. The maximum atomic E-state index is 13.8. The number of carbonyl (C=O) groups excluding carboxylic acids is 2. The minimum Gasteiger partial charge on any atom is -0.465 e. The van der Waals surface area contributed by atoms with E-state index in [4.69, 9.17) is 0 Å². The normalized spacial score (nSPS) is 15.2. The maximum Gasteiger partial charge on any atom is 0.474 e. The van der Waals surface area contributed by atoms with Crippen molar-refractivity contribution < 1.29 is 133 Å². The molecule has 0 aromatic heterocycles. The molecule has 0 spiro atoms. The Bertz CT molecular complexity index is 1560. The summed E-state index contributed by atoms with van der Waals surface area (Å²) in [5.41, 5.74) is -2.25. The number of alkyl halides is 26. The smallest absolute Gasteiger partial charge is 0.465 e. The van der Waals surface area contributed by atoms with Gasteiger partial charge in [-0.2, -0.15) is 114 Å². The number of benzene rings is 1. The Kier molecular flexibility index (Phi) is 12.7. The van der Waals surface area contributed by atoms with Crippen LogP contribution in [0.4, 0.5) is 125 Å². The molecule has 0 unspecified atom stereocenters. The van der Waals surface area contributed by atoms with Crippen LogP contribution in [0.15, 0.2) is 18.2 Å². The summed E-state index contributed by atoms with van der Waals surface area (Å²) in [5.74, 6) is -73.7. The van der Waals surface area contributed by atoms with Gasteiger partial charge in [-0.05, 0) is 24.1 Å². The number of esters is 1. The van der Waals surface area contributed by atoms with Crippen molar-refractivity contribution >= 4 is 17.7 Å². The fourth-order valence-electron chi connectivity index (χ4n) is 3.45. The summed E-state index contributed by atoms with van der Waals surface area (Å²) in [5, 5.41) is 0.997. The Morgan fingerprint density at radius 1 is 0.545 bits per heavy atom. The van der Waals surface area contributed by atoms with E-state index >= 15 is 0 Å². The van der Waals surface area contributed by atoms with Crippen LogP contribution in [-0.2, 0) is 20.7 Å². The maximum absolute atomic E-state index is 13.8. The first-order chi connectivity index (χ1) is 23.9. The molecule has 0 aliphatic carbocycles. The predicted molar refractivity (Wildman–Crippen MR) is 122 cm³/mol. The molecule has 1 aromatic rings. The Labute approximate surface area is 284 Å². The third-order valence-corrected chi connectivity index (χ3v) is 6.69. The van der Waals surface area contributed by atoms with Crippen LogP contribution in [0.25, 0.3) is 0 Å². The molecule has 1 amide bonds. The second-order valence-corrected chi connectivity index (χ2v) is 10.6. The SMILES string of the molecule is Cc1ccc(CC(=O)OCCC(F)(F)C(F)(F)C(F)(F)C(F)(F)C(F)(F)C(F)(F)F)cc1NC(=O)OC(F)(F)C(F)(F)C(F)(F)C(F)(F)C(F)(F)C(F)(F)F. The molecule has 0 aliphatic rings. The van der Waals surface area contributed by atoms with Gasteiger partial charge in [0.2, 0.25) is 0 Å². The van der Waals surface area contributed by atoms with Crippen LogP contribution in [-0.4, -0.2) is 90.4 Å². The quantitative estimate of drug-likeness (QED) is 0.141. The van der Waals surface area contributed by atoms with Crippen molar-refractivity contribution in [2.75, 3.05) is 11.9 Å². The van der Waals surface area contributed by atoms with Crippen LogP contribution in [0.3, 0.4) is 0 Å². The standard InChI is InChI=1S/C24H13F26NO4/c1-8-2-3-9(7-11(52)54-5-4-13(25,26)14(27,28)15(29,30)16(31,32)19(37,38)22(43,44)45)6-10(8)51-12(53)55-24(49,50)21(41,42)18(35,36)17(33,34)20(39,40)23(46,47)48/h2-3,6H,4-5,7H2,1H3,(H,51,53). The van der Waals surface area contributed by atoms with Gasteiger partial charge in [0.15, 0.2) is 0 Å². The van der Waals surface area contributed by atoms with E-state index in [0.29, 0.717) is 18.2 Å². The molecule has 0 fully saturated rings. The molecule has 0 heterocycles. The number of hydrogen-bond acceptors (Lipinski definition) is 4. The minimum absolute atomic E-state index is 0.326. The molecule has 55 heavy (non-hydrogen) atoms. The number of amides is 1. The van der Waals surface area contributed by atoms with Gasteiger partial charge in [0.05, 0.1) is 19.4 Å². The van der Waals surface area contributed by atoms with E-state index in [1.807, 2.05) is 0 Å². The van der Waals surface area contributed by atoms with E-state index < -0.39 is 120 Å². The molecule has 0 saturated carbocycles. The molecule has 0 radical (unpaired) electrons. The van der Waals surface area contributed by atoms with Crippen molar-refractivity contribution in [2.45, 2.75) is 91.5 Å². The van der Waals surface area contributed by atoms with E-state index in [1.165, 1.54) is 0 Å². The van der Waals surface area contributed by atoms with E-state index in [-0.39, 0.29) is 0 Å². The third-order valence-electron chi connectivity index (χ3n) is 6.69. The molecule has 0 aliphatic heterocycles. The highest BCUT2D eigenvalue weighted by Crippen LogP contribution is 2.62. The summed E-state index contributed by atoms with van der Waals surface area (Å²) >= 11 is 0. The summed E-state index contributed by atoms with van der Waals surface area (Å²) in [6.07, 6.45) is -30.3. The molecule has 0 bridgehead atoms. The molecule has 0 atom stereocenters. The molecular weight excluding hydrogens is 860 g/mol. The first-order valence-corrected chi connectivity index (χ1v) is 13.0. The summed E-state index contributed by atoms with van der Waals surface area (Å²) in [6, 6.07) is 1.70. The minimum atomic E-state index is -8.35. The molecule has 5 nitrogen and oxygen atoms in total. The molecule has 1 aromatic carbocycles. The molecule has 320 valence electrons. The second kappa shape index (κ2) is 14.3. The van der Waals surface area contributed by atoms with Crippen LogP contribution in [0, 0.1) is 6.92 Å². The van der Waals surface area contributed by atoms with Gasteiger partial charge < -0.3 is 9.47 Å². The fraction of sp³-hybridized carbons (Fsp3) is 0.667. The van der Waals surface area contributed by atoms with Gasteiger partial charge >= 0.3 is 83.8 Å². The highest BCUT2D eigenvalue weighted by atomic mass is 19.4. The van der Waals surface area contributed by atoms with Gasteiger partial charge in [-0.3, -0.25) is 10.1 Å². The van der Waals surface area contributed by atoms with Gasteiger partial charge in [0.25, 0.3) is 0 Å². The Morgan fingerprint density at radius 3 is 1.33 bits per heavy atom. The number of halogens is 26. The van der Waals surface area contributed by atoms with Gasteiger partial charge in [-0.25, -0.2) is 4.79 Å². The van der Waals surface area contributed by atoms with Crippen molar-refractivity contribution in [2.24, 2.45) is 0 Å². The third kappa shape index (κ3) is 8.19.